The minimum Gasteiger partial charge on any atom is -0.278 e. The number of hydrogen-bond acceptors (Lipinski definition) is 2. The first-order valence-electron chi connectivity index (χ1n) is 4.91. The maximum absolute atomic E-state index is 11.6. The van der Waals surface area contributed by atoms with Crippen LogP contribution in [0.1, 0.15) is 33.1 Å². The lowest BCUT2D eigenvalue weighted by Gasteiger charge is -2.23. The van der Waals surface area contributed by atoms with Crippen LogP contribution in [-0.4, -0.2) is 22.8 Å². The Bertz CT molecular complexity index is 290. The molecule has 0 bridgehead atoms. The molecule has 1 rings (SSSR count). The molecule has 14 heavy (non-hydrogen) atoms. The fourth-order valence-corrected chi connectivity index (χ4v) is 1.75. The number of carbonyl (C=O) groups excluding carboxylic acids is 2. The van der Waals surface area contributed by atoms with Crippen molar-refractivity contribution < 1.29 is 9.59 Å². The topological polar surface area (TPSA) is 37.4 Å². The van der Waals surface area contributed by atoms with E-state index in [4.69, 9.17) is 6.42 Å². The third-order valence-electron chi connectivity index (χ3n) is 2.60. The number of imide groups is 1. The van der Waals surface area contributed by atoms with Crippen LogP contribution in [0.25, 0.3) is 0 Å². The van der Waals surface area contributed by atoms with Gasteiger partial charge in [0.1, 0.15) is 0 Å². The summed E-state index contributed by atoms with van der Waals surface area (Å²) in [4.78, 5) is 24.5. The fourth-order valence-electron chi connectivity index (χ4n) is 1.75. The summed E-state index contributed by atoms with van der Waals surface area (Å²) in [6.07, 6.45) is 6.72. The molecular formula is C11H15NO2. The molecule has 0 spiro atoms. The van der Waals surface area contributed by atoms with Gasteiger partial charge < -0.3 is 0 Å². The molecule has 0 aromatic rings. The van der Waals surface area contributed by atoms with E-state index < -0.39 is 0 Å². The zero-order valence-corrected chi connectivity index (χ0v) is 8.62. The van der Waals surface area contributed by atoms with Crippen LogP contribution in [0.5, 0.6) is 0 Å². The normalized spacial score (nSPS) is 23.8. The van der Waals surface area contributed by atoms with Gasteiger partial charge >= 0.3 is 0 Å². The second-order valence-electron chi connectivity index (χ2n) is 3.68. The molecule has 0 aromatic carbocycles. The van der Waals surface area contributed by atoms with Gasteiger partial charge in [0.15, 0.2) is 0 Å². The Labute approximate surface area is 84.5 Å². The van der Waals surface area contributed by atoms with Crippen LogP contribution in [-0.2, 0) is 9.59 Å². The average molecular weight is 193 g/mol. The molecule has 0 aliphatic carbocycles. The Kier molecular flexibility index (Phi) is 3.29. The Morgan fingerprint density at radius 1 is 1.64 bits per heavy atom. The molecule has 0 saturated carbocycles. The Morgan fingerprint density at radius 2 is 2.29 bits per heavy atom. The highest BCUT2D eigenvalue weighted by atomic mass is 16.2. The third kappa shape index (κ3) is 1.79. The summed E-state index contributed by atoms with van der Waals surface area (Å²) in [6.45, 7) is 3.72. The molecule has 1 aliphatic heterocycles. The highest BCUT2D eigenvalue weighted by Crippen LogP contribution is 2.23. The SMILES string of the molecule is C#CCC(CC)N1C(=O)CC(C)C1=O. The summed E-state index contributed by atoms with van der Waals surface area (Å²) in [7, 11) is 0. The molecule has 1 saturated heterocycles. The number of carbonyl (C=O) groups is 2. The van der Waals surface area contributed by atoms with E-state index in [0.717, 1.165) is 6.42 Å². The first kappa shape index (κ1) is 10.8. The van der Waals surface area contributed by atoms with E-state index in [0.29, 0.717) is 12.8 Å². The van der Waals surface area contributed by atoms with Gasteiger partial charge in [-0.3, -0.25) is 14.5 Å². The second-order valence-corrected chi connectivity index (χ2v) is 3.68. The number of terminal acetylenes is 1. The Morgan fingerprint density at radius 3 is 2.64 bits per heavy atom. The number of nitrogens with zero attached hydrogens (tertiary/aromatic N) is 1. The quantitative estimate of drug-likeness (QED) is 0.498. The third-order valence-corrected chi connectivity index (χ3v) is 2.60. The highest BCUT2D eigenvalue weighted by molar-refractivity contribution is 6.03. The lowest BCUT2D eigenvalue weighted by molar-refractivity contribution is -0.141. The molecular weight excluding hydrogens is 178 g/mol. The van der Waals surface area contributed by atoms with Crippen molar-refractivity contribution in [2.24, 2.45) is 5.92 Å². The Balaban J connectivity index is 2.80. The van der Waals surface area contributed by atoms with Crippen LogP contribution < -0.4 is 0 Å². The largest absolute Gasteiger partial charge is 0.278 e. The average Bonchev–Trinajstić information content (AvgIpc) is 2.39. The molecule has 1 aliphatic rings. The molecule has 0 aromatic heterocycles. The van der Waals surface area contributed by atoms with Gasteiger partial charge in [-0.1, -0.05) is 13.8 Å². The summed E-state index contributed by atoms with van der Waals surface area (Å²) < 4.78 is 0. The minimum absolute atomic E-state index is 0.0721. The number of rotatable bonds is 3. The van der Waals surface area contributed by atoms with E-state index in [2.05, 4.69) is 5.92 Å². The van der Waals surface area contributed by atoms with E-state index in [1.54, 1.807) is 6.92 Å². The van der Waals surface area contributed by atoms with Gasteiger partial charge in [0.2, 0.25) is 11.8 Å². The zero-order chi connectivity index (χ0) is 10.7. The first-order valence-corrected chi connectivity index (χ1v) is 4.91. The van der Waals surface area contributed by atoms with Crippen LogP contribution in [0.3, 0.4) is 0 Å². The lowest BCUT2D eigenvalue weighted by atomic mass is 10.1. The van der Waals surface area contributed by atoms with Crippen molar-refractivity contribution in [1.82, 2.24) is 4.90 Å². The van der Waals surface area contributed by atoms with Crippen molar-refractivity contribution in [1.29, 1.82) is 0 Å². The van der Waals surface area contributed by atoms with E-state index in [1.165, 1.54) is 4.90 Å². The van der Waals surface area contributed by atoms with Gasteiger partial charge in [0.05, 0.1) is 6.04 Å². The summed E-state index contributed by atoms with van der Waals surface area (Å²) in [5.41, 5.74) is 0. The van der Waals surface area contributed by atoms with Gasteiger partial charge in [-0.05, 0) is 6.42 Å². The van der Waals surface area contributed by atoms with Crippen molar-refractivity contribution in [3.8, 4) is 12.3 Å². The molecule has 2 amide bonds. The standard InChI is InChI=1S/C11H15NO2/c1-4-6-9(5-2)12-10(13)7-8(3)11(12)14/h1,8-9H,5-7H2,2-3H3. The summed E-state index contributed by atoms with van der Waals surface area (Å²) >= 11 is 0. The molecule has 1 fully saturated rings. The fraction of sp³-hybridized carbons (Fsp3) is 0.636. The first-order chi connectivity index (χ1) is 6.61. The van der Waals surface area contributed by atoms with E-state index >= 15 is 0 Å². The van der Waals surface area contributed by atoms with Crippen LogP contribution >= 0.6 is 0 Å². The molecule has 2 unspecified atom stereocenters. The van der Waals surface area contributed by atoms with Crippen LogP contribution in [0.15, 0.2) is 0 Å². The maximum atomic E-state index is 11.6. The van der Waals surface area contributed by atoms with Gasteiger partial charge in [0.25, 0.3) is 0 Å². The summed E-state index contributed by atoms with van der Waals surface area (Å²) in [6, 6.07) is -0.107. The highest BCUT2D eigenvalue weighted by Gasteiger charge is 2.38. The number of likely N-dealkylation sites (tertiary alicyclic amines) is 1. The molecule has 2 atom stereocenters. The van der Waals surface area contributed by atoms with Gasteiger partial charge in [-0.2, -0.15) is 0 Å². The molecule has 76 valence electrons. The van der Waals surface area contributed by atoms with E-state index in [9.17, 15) is 9.59 Å². The van der Waals surface area contributed by atoms with Gasteiger partial charge in [-0.15, -0.1) is 12.3 Å². The Hall–Kier alpha value is -1.30. The maximum Gasteiger partial charge on any atom is 0.232 e. The smallest absolute Gasteiger partial charge is 0.232 e. The van der Waals surface area contributed by atoms with Crippen molar-refractivity contribution in [2.45, 2.75) is 39.2 Å². The molecule has 3 heteroatoms. The molecule has 1 heterocycles. The predicted octanol–water partition coefficient (Wildman–Crippen LogP) is 1.18. The molecule has 3 nitrogen and oxygen atoms in total. The lowest BCUT2D eigenvalue weighted by Crippen LogP contribution is -2.39. The van der Waals surface area contributed by atoms with Crippen molar-refractivity contribution in [2.75, 3.05) is 0 Å². The van der Waals surface area contributed by atoms with Gasteiger partial charge in [-0.25, -0.2) is 0 Å². The second kappa shape index (κ2) is 4.28. The minimum atomic E-state index is -0.172. The molecule has 0 N–H and O–H groups in total. The van der Waals surface area contributed by atoms with Crippen LogP contribution in [0.4, 0.5) is 0 Å². The monoisotopic (exact) mass is 193 g/mol. The van der Waals surface area contributed by atoms with Crippen LogP contribution in [0, 0.1) is 18.3 Å². The van der Waals surface area contributed by atoms with Crippen molar-refractivity contribution in [3.05, 3.63) is 0 Å². The van der Waals surface area contributed by atoms with Gasteiger partial charge in [0, 0.05) is 18.8 Å². The number of amides is 2. The van der Waals surface area contributed by atoms with E-state index in [-0.39, 0.29) is 23.8 Å². The van der Waals surface area contributed by atoms with Crippen LogP contribution in [0.2, 0.25) is 0 Å². The van der Waals surface area contributed by atoms with Crippen molar-refractivity contribution >= 4 is 11.8 Å². The predicted molar refractivity (Wildman–Crippen MR) is 53.2 cm³/mol. The molecule has 0 radical (unpaired) electrons. The van der Waals surface area contributed by atoms with Crippen molar-refractivity contribution in [3.63, 3.8) is 0 Å². The summed E-state index contributed by atoms with van der Waals surface area (Å²) in [5.74, 6) is 2.18. The van der Waals surface area contributed by atoms with E-state index in [1.807, 2.05) is 6.92 Å². The summed E-state index contributed by atoms with van der Waals surface area (Å²) in [5, 5.41) is 0. The number of hydrogen-bond donors (Lipinski definition) is 0. The zero-order valence-electron chi connectivity index (χ0n) is 8.62.